The van der Waals surface area contributed by atoms with Crippen LogP contribution in [0.3, 0.4) is 0 Å². The van der Waals surface area contributed by atoms with Gasteiger partial charge in [-0.25, -0.2) is 9.69 Å². The molecule has 0 radical (unpaired) electrons. The van der Waals surface area contributed by atoms with Crippen molar-refractivity contribution < 1.29 is 28.7 Å². The smallest absolute Gasteiger partial charge is 0.332 e. The fourth-order valence-electron chi connectivity index (χ4n) is 4.95. The summed E-state index contributed by atoms with van der Waals surface area (Å²) in [6, 6.07) is 6.05. The lowest BCUT2D eigenvalue weighted by Crippen LogP contribution is -2.66. The Labute approximate surface area is 187 Å². The molecule has 2 aliphatic heterocycles. The van der Waals surface area contributed by atoms with E-state index in [4.69, 9.17) is 9.47 Å². The normalized spacial score (nSPS) is 27.1. The summed E-state index contributed by atoms with van der Waals surface area (Å²) in [4.78, 5) is 53.6. The van der Waals surface area contributed by atoms with Crippen molar-refractivity contribution in [2.75, 3.05) is 24.6 Å². The summed E-state index contributed by atoms with van der Waals surface area (Å²) in [6.07, 6.45) is 2.80. The minimum absolute atomic E-state index is 0.0136. The van der Waals surface area contributed by atoms with E-state index < -0.39 is 30.1 Å². The Morgan fingerprint density at radius 1 is 1.16 bits per heavy atom. The molecule has 172 valence electrons. The van der Waals surface area contributed by atoms with Gasteiger partial charge < -0.3 is 19.7 Å². The quantitative estimate of drug-likeness (QED) is 0.672. The number of urea groups is 1. The van der Waals surface area contributed by atoms with E-state index >= 15 is 0 Å². The molecular weight excluding hydrogens is 414 g/mol. The molecule has 0 bridgehead atoms. The van der Waals surface area contributed by atoms with Gasteiger partial charge in [0, 0.05) is 5.92 Å². The SMILES string of the molecule is CCOC(=O)CNC(=O)CN1C(=O)N(c2ccc(C)cc2)C(=O)C2OC3CCCCC3C21. The molecule has 0 aromatic heterocycles. The molecule has 1 aliphatic carbocycles. The molecule has 9 nitrogen and oxygen atoms in total. The number of esters is 1. The second-order valence-corrected chi connectivity index (χ2v) is 8.54. The molecule has 1 saturated carbocycles. The van der Waals surface area contributed by atoms with Crippen LogP contribution in [0.15, 0.2) is 24.3 Å². The van der Waals surface area contributed by atoms with Gasteiger partial charge in [0.2, 0.25) is 5.91 Å². The number of fused-ring (bicyclic) bond motifs is 3. The van der Waals surface area contributed by atoms with Crippen molar-refractivity contribution in [2.24, 2.45) is 5.92 Å². The number of nitrogens with one attached hydrogen (secondary N) is 1. The summed E-state index contributed by atoms with van der Waals surface area (Å²) in [7, 11) is 0. The zero-order valence-electron chi connectivity index (χ0n) is 18.4. The van der Waals surface area contributed by atoms with Crippen molar-refractivity contribution in [1.29, 1.82) is 0 Å². The molecule has 2 heterocycles. The third-order valence-electron chi connectivity index (χ3n) is 6.43. The Morgan fingerprint density at radius 3 is 2.59 bits per heavy atom. The molecule has 9 heteroatoms. The molecule has 1 aromatic rings. The summed E-state index contributed by atoms with van der Waals surface area (Å²) >= 11 is 0. The molecular formula is C23H29N3O6. The highest BCUT2D eigenvalue weighted by molar-refractivity contribution is 6.18. The van der Waals surface area contributed by atoms with Gasteiger partial charge in [0.25, 0.3) is 5.91 Å². The van der Waals surface area contributed by atoms with Crippen molar-refractivity contribution in [3.05, 3.63) is 29.8 Å². The Kier molecular flexibility index (Phi) is 6.45. The maximum Gasteiger partial charge on any atom is 0.332 e. The van der Waals surface area contributed by atoms with Crippen LogP contribution in [-0.2, 0) is 23.9 Å². The van der Waals surface area contributed by atoms with Gasteiger partial charge in [-0.3, -0.25) is 14.4 Å². The van der Waals surface area contributed by atoms with Crippen LogP contribution >= 0.6 is 0 Å². The first-order valence-electron chi connectivity index (χ1n) is 11.2. The van der Waals surface area contributed by atoms with Crippen LogP contribution in [0.2, 0.25) is 0 Å². The molecule has 32 heavy (non-hydrogen) atoms. The van der Waals surface area contributed by atoms with Crippen LogP contribution in [0.25, 0.3) is 0 Å². The predicted molar refractivity (Wildman–Crippen MR) is 115 cm³/mol. The number of carbonyl (C=O) groups excluding carboxylic acids is 4. The standard InChI is InChI=1S/C23H29N3O6/c1-3-31-19(28)12-24-18(27)13-25-20-16-6-4-5-7-17(16)32-21(20)22(29)26(23(25)30)15-10-8-14(2)9-11-15/h8-11,16-17,20-21H,3-7,12-13H2,1-2H3,(H,24,27). The van der Waals surface area contributed by atoms with Crippen molar-refractivity contribution in [2.45, 2.75) is 57.8 Å². The number of benzene rings is 1. The van der Waals surface area contributed by atoms with Gasteiger partial charge in [0.05, 0.1) is 24.4 Å². The molecule has 0 spiro atoms. The van der Waals surface area contributed by atoms with Crippen LogP contribution in [-0.4, -0.2) is 66.7 Å². The Balaban J connectivity index is 1.59. The topological polar surface area (TPSA) is 105 Å². The first-order chi connectivity index (χ1) is 15.4. The second-order valence-electron chi connectivity index (χ2n) is 8.54. The van der Waals surface area contributed by atoms with E-state index in [1.54, 1.807) is 19.1 Å². The summed E-state index contributed by atoms with van der Waals surface area (Å²) in [6.45, 7) is 3.29. The lowest BCUT2D eigenvalue weighted by atomic mass is 9.81. The third-order valence-corrected chi connectivity index (χ3v) is 6.43. The van der Waals surface area contributed by atoms with Gasteiger partial charge >= 0.3 is 12.0 Å². The molecule has 4 rings (SSSR count). The lowest BCUT2D eigenvalue weighted by Gasteiger charge is -2.42. The van der Waals surface area contributed by atoms with E-state index in [1.165, 1.54) is 4.90 Å². The molecule has 1 aromatic carbocycles. The van der Waals surface area contributed by atoms with Gasteiger partial charge in [-0.15, -0.1) is 0 Å². The number of hydrogen-bond donors (Lipinski definition) is 1. The zero-order chi connectivity index (χ0) is 22.8. The molecule has 4 atom stereocenters. The lowest BCUT2D eigenvalue weighted by molar-refractivity contribution is -0.143. The first-order valence-corrected chi connectivity index (χ1v) is 11.2. The Bertz CT molecular complexity index is 901. The molecule has 4 unspecified atom stereocenters. The fraction of sp³-hybridized carbons (Fsp3) is 0.565. The number of aryl methyl sites for hydroxylation is 1. The maximum absolute atomic E-state index is 13.5. The minimum atomic E-state index is -0.806. The first kappa shape index (κ1) is 22.3. The molecule has 2 saturated heterocycles. The van der Waals surface area contributed by atoms with E-state index in [1.807, 2.05) is 19.1 Å². The van der Waals surface area contributed by atoms with E-state index in [2.05, 4.69) is 5.32 Å². The van der Waals surface area contributed by atoms with Gasteiger partial charge in [0.15, 0.2) is 6.10 Å². The maximum atomic E-state index is 13.5. The molecule has 3 fully saturated rings. The van der Waals surface area contributed by atoms with Crippen molar-refractivity contribution >= 4 is 29.5 Å². The minimum Gasteiger partial charge on any atom is -0.465 e. The number of ether oxygens (including phenoxy) is 2. The summed E-state index contributed by atoms with van der Waals surface area (Å²) in [5.41, 5.74) is 1.45. The Hall–Kier alpha value is -2.94. The van der Waals surface area contributed by atoms with Crippen molar-refractivity contribution in [3.8, 4) is 0 Å². The van der Waals surface area contributed by atoms with Gasteiger partial charge in [-0.1, -0.05) is 30.5 Å². The summed E-state index contributed by atoms with van der Waals surface area (Å²) < 4.78 is 11.0. The highest BCUT2D eigenvalue weighted by atomic mass is 16.5. The monoisotopic (exact) mass is 443 g/mol. The second kappa shape index (κ2) is 9.28. The number of imide groups is 1. The largest absolute Gasteiger partial charge is 0.465 e. The number of nitrogens with zero attached hydrogens (tertiary/aromatic N) is 2. The van der Waals surface area contributed by atoms with E-state index in [0.717, 1.165) is 36.1 Å². The van der Waals surface area contributed by atoms with Crippen LogP contribution in [0.1, 0.15) is 38.2 Å². The average Bonchev–Trinajstić information content (AvgIpc) is 3.17. The fourth-order valence-corrected chi connectivity index (χ4v) is 4.95. The predicted octanol–water partition coefficient (Wildman–Crippen LogP) is 1.77. The van der Waals surface area contributed by atoms with E-state index in [9.17, 15) is 19.2 Å². The van der Waals surface area contributed by atoms with Crippen LogP contribution < -0.4 is 10.2 Å². The van der Waals surface area contributed by atoms with Gasteiger partial charge in [-0.05, 0) is 38.8 Å². The molecule has 1 N–H and O–H groups in total. The highest BCUT2D eigenvalue weighted by Gasteiger charge is 2.58. The number of anilines is 1. The number of hydrogen-bond acceptors (Lipinski definition) is 6. The van der Waals surface area contributed by atoms with Gasteiger partial charge in [-0.2, -0.15) is 0 Å². The molecule has 3 aliphatic rings. The number of rotatable bonds is 6. The zero-order valence-corrected chi connectivity index (χ0v) is 18.4. The van der Waals surface area contributed by atoms with E-state index in [0.29, 0.717) is 5.69 Å². The highest BCUT2D eigenvalue weighted by Crippen LogP contribution is 2.43. The van der Waals surface area contributed by atoms with Crippen molar-refractivity contribution in [3.63, 3.8) is 0 Å². The van der Waals surface area contributed by atoms with Crippen LogP contribution in [0, 0.1) is 12.8 Å². The Morgan fingerprint density at radius 2 is 1.88 bits per heavy atom. The average molecular weight is 444 g/mol. The number of amides is 4. The number of carbonyl (C=O) groups is 4. The van der Waals surface area contributed by atoms with Crippen LogP contribution in [0.5, 0.6) is 0 Å². The molecule has 4 amide bonds. The van der Waals surface area contributed by atoms with Crippen LogP contribution in [0.4, 0.5) is 10.5 Å². The summed E-state index contributed by atoms with van der Waals surface area (Å²) in [5.74, 6) is -1.40. The third kappa shape index (κ3) is 4.21. The van der Waals surface area contributed by atoms with E-state index in [-0.39, 0.29) is 37.6 Å². The summed E-state index contributed by atoms with van der Waals surface area (Å²) in [5, 5.41) is 2.51. The van der Waals surface area contributed by atoms with Crippen molar-refractivity contribution in [1.82, 2.24) is 10.2 Å². The van der Waals surface area contributed by atoms with Gasteiger partial charge in [0.1, 0.15) is 13.1 Å².